The number of hydrogen-bond acceptors (Lipinski definition) is 3. The molecule has 6 heteroatoms. The summed E-state index contributed by atoms with van der Waals surface area (Å²) in [7, 11) is 0. The number of aliphatic carboxylic acids is 1. The van der Waals surface area contributed by atoms with Crippen LogP contribution in [0.25, 0.3) is 0 Å². The van der Waals surface area contributed by atoms with Crippen molar-refractivity contribution in [2.75, 3.05) is 4.90 Å². The van der Waals surface area contributed by atoms with Gasteiger partial charge < -0.3 is 9.84 Å². The van der Waals surface area contributed by atoms with E-state index in [9.17, 15) is 14.7 Å². The van der Waals surface area contributed by atoms with Crippen LogP contribution in [0.3, 0.4) is 0 Å². The normalized spacial score (nSPS) is 17.8. The molecule has 1 aliphatic heterocycles. The van der Waals surface area contributed by atoms with Crippen molar-refractivity contribution in [1.82, 2.24) is 0 Å². The number of anilines is 1. The first-order chi connectivity index (χ1) is 9.19. The summed E-state index contributed by atoms with van der Waals surface area (Å²) in [5.41, 5.74) is 0.585. The minimum absolute atomic E-state index is 0.227. The molecule has 20 heavy (non-hydrogen) atoms. The first kappa shape index (κ1) is 14.7. The SMILES string of the molecule is CC(C)(C)OC(=O)N1c2ccc(Cl)cc2CC1C(=O)O. The third-order valence-corrected chi connectivity index (χ3v) is 3.14. The van der Waals surface area contributed by atoms with Gasteiger partial charge in [0.25, 0.3) is 0 Å². The van der Waals surface area contributed by atoms with Crippen LogP contribution in [0, 0.1) is 0 Å². The third kappa shape index (κ3) is 2.88. The van der Waals surface area contributed by atoms with Crippen LogP contribution in [-0.4, -0.2) is 28.8 Å². The van der Waals surface area contributed by atoms with Gasteiger partial charge in [-0.1, -0.05) is 11.6 Å². The van der Waals surface area contributed by atoms with Crippen molar-refractivity contribution in [1.29, 1.82) is 0 Å². The fourth-order valence-electron chi connectivity index (χ4n) is 2.15. The molecule has 0 radical (unpaired) electrons. The Labute approximate surface area is 122 Å². The summed E-state index contributed by atoms with van der Waals surface area (Å²) in [4.78, 5) is 24.8. The van der Waals surface area contributed by atoms with E-state index in [-0.39, 0.29) is 6.42 Å². The average Bonchev–Trinajstić information content (AvgIpc) is 2.64. The van der Waals surface area contributed by atoms with Crippen LogP contribution in [0.1, 0.15) is 26.3 Å². The highest BCUT2D eigenvalue weighted by molar-refractivity contribution is 6.30. The number of carbonyl (C=O) groups excluding carboxylic acids is 1. The molecule has 108 valence electrons. The minimum atomic E-state index is -1.07. The molecular formula is C14H16ClNO4. The Balaban J connectivity index is 2.38. The van der Waals surface area contributed by atoms with Crippen LogP contribution in [0.2, 0.25) is 5.02 Å². The summed E-state index contributed by atoms with van der Waals surface area (Å²) in [5.74, 6) is -1.07. The first-order valence-electron chi connectivity index (χ1n) is 6.22. The van der Waals surface area contributed by atoms with E-state index in [0.717, 1.165) is 5.56 Å². The van der Waals surface area contributed by atoms with Crippen molar-refractivity contribution in [3.63, 3.8) is 0 Å². The van der Waals surface area contributed by atoms with E-state index in [1.54, 1.807) is 39.0 Å². The Morgan fingerprint density at radius 3 is 2.60 bits per heavy atom. The van der Waals surface area contributed by atoms with E-state index in [2.05, 4.69) is 0 Å². The van der Waals surface area contributed by atoms with Crippen LogP contribution in [0.15, 0.2) is 18.2 Å². The van der Waals surface area contributed by atoms with Crippen molar-refractivity contribution >= 4 is 29.4 Å². The van der Waals surface area contributed by atoms with Crippen molar-refractivity contribution in [3.8, 4) is 0 Å². The molecule has 0 saturated carbocycles. The van der Waals surface area contributed by atoms with E-state index in [4.69, 9.17) is 16.3 Å². The third-order valence-electron chi connectivity index (χ3n) is 2.90. The summed E-state index contributed by atoms with van der Waals surface area (Å²) < 4.78 is 5.28. The maximum absolute atomic E-state index is 12.2. The lowest BCUT2D eigenvalue weighted by Crippen LogP contribution is -2.45. The highest BCUT2D eigenvalue weighted by Gasteiger charge is 2.40. The van der Waals surface area contributed by atoms with Gasteiger partial charge in [-0.05, 0) is 44.5 Å². The van der Waals surface area contributed by atoms with Crippen LogP contribution in [0.5, 0.6) is 0 Å². The van der Waals surface area contributed by atoms with E-state index in [1.165, 1.54) is 4.90 Å². The predicted octanol–water partition coefficient (Wildman–Crippen LogP) is 3.09. The van der Waals surface area contributed by atoms with Gasteiger partial charge in [-0.15, -0.1) is 0 Å². The molecule has 0 spiro atoms. The average molecular weight is 298 g/mol. The summed E-state index contributed by atoms with van der Waals surface area (Å²) in [6.07, 6.45) is -0.434. The van der Waals surface area contributed by atoms with Crippen molar-refractivity contribution in [3.05, 3.63) is 28.8 Å². The molecule has 1 aromatic carbocycles. The number of carboxylic acids is 1. The molecule has 1 N–H and O–H groups in total. The zero-order chi connectivity index (χ0) is 15.1. The molecule has 0 saturated heterocycles. The number of carboxylic acid groups (broad SMARTS) is 1. The molecule has 0 fully saturated rings. The summed E-state index contributed by atoms with van der Waals surface area (Å²) in [5, 5.41) is 9.80. The number of hydrogen-bond donors (Lipinski definition) is 1. The monoisotopic (exact) mass is 297 g/mol. The van der Waals surface area contributed by atoms with Crippen LogP contribution < -0.4 is 4.90 Å². The zero-order valence-corrected chi connectivity index (χ0v) is 12.3. The Bertz CT molecular complexity index is 565. The molecular weight excluding hydrogens is 282 g/mol. The number of carbonyl (C=O) groups is 2. The Hall–Kier alpha value is -1.75. The van der Waals surface area contributed by atoms with Gasteiger partial charge in [0.15, 0.2) is 0 Å². The summed E-state index contributed by atoms with van der Waals surface area (Å²) in [6.45, 7) is 5.21. The number of fused-ring (bicyclic) bond motifs is 1. The van der Waals surface area contributed by atoms with Crippen molar-refractivity contribution in [2.24, 2.45) is 0 Å². The lowest BCUT2D eigenvalue weighted by atomic mass is 10.1. The van der Waals surface area contributed by atoms with E-state index < -0.39 is 23.7 Å². The van der Waals surface area contributed by atoms with Gasteiger partial charge in [0.05, 0.1) is 5.69 Å². The molecule has 2 rings (SSSR count). The van der Waals surface area contributed by atoms with Crippen LogP contribution >= 0.6 is 11.6 Å². The van der Waals surface area contributed by atoms with Gasteiger partial charge >= 0.3 is 12.1 Å². The van der Waals surface area contributed by atoms with Gasteiger partial charge in [-0.25, -0.2) is 9.59 Å². The molecule has 0 aromatic heterocycles. The minimum Gasteiger partial charge on any atom is -0.480 e. The molecule has 1 aliphatic rings. The first-order valence-corrected chi connectivity index (χ1v) is 6.60. The van der Waals surface area contributed by atoms with E-state index in [1.807, 2.05) is 0 Å². The van der Waals surface area contributed by atoms with E-state index in [0.29, 0.717) is 10.7 Å². The van der Waals surface area contributed by atoms with Crippen LogP contribution in [-0.2, 0) is 16.0 Å². The van der Waals surface area contributed by atoms with Gasteiger partial charge in [0, 0.05) is 11.4 Å². The van der Waals surface area contributed by atoms with Gasteiger partial charge in [-0.2, -0.15) is 0 Å². The summed E-state index contributed by atoms with van der Waals surface area (Å²) in [6, 6.07) is 3.99. The molecule has 1 unspecified atom stereocenters. The quantitative estimate of drug-likeness (QED) is 0.865. The molecule has 0 bridgehead atoms. The number of ether oxygens (including phenoxy) is 1. The second-order valence-electron chi connectivity index (χ2n) is 5.68. The largest absolute Gasteiger partial charge is 0.480 e. The fraction of sp³-hybridized carbons (Fsp3) is 0.429. The maximum atomic E-state index is 12.2. The highest BCUT2D eigenvalue weighted by atomic mass is 35.5. The Morgan fingerprint density at radius 1 is 1.40 bits per heavy atom. The second kappa shape index (κ2) is 4.98. The smallest absolute Gasteiger partial charge is 0.415 e. The Morgan fingerprint density at radius 2 is 2.05 bits per heavy atom. The number of halogens is 1. The van der Waals surface area contributed by atoms with Crippen molar-refractivity contribution in [2.45, 2.75) is 38.8 Å². The number of nitrogens with zero attached hydrogens (tertiary/aromatic N) is 1. The summed E-state index contributed by atoms with van der Waals surface area (Å²) >= 11 is 5.90. The predicted molar refractivity (Wildman–Crippen MR) is 75.3 cm³/mol. The van der Waals surface area contributed by atoms with Gasteiger partial charge in [0.1, 0.15) is 11.6 Å². The number of benzene rings is 1. The molecule has 1 heterocycles. The molecule has 5 nitrogen and oxygen atoms in total. The Kier molecular flexibility index (Phi) is 3.65. The standard InChI is InChI=1S/C14H16ClNO4/c1-14(2,3)20-13(19)16-10-5-4-9(15)6-8(10)7-11(16)12(17)18/h4-6,11H,7H2,1-3H3,(H,17,18). The number of amides is 1. The second-order valence-corrected chi connectivity index (χ2v) is 6.12. The molecule has 0 aliphatic carbocycles. The van der Waals surface area contributed by atoms with Crippen molar-refractivity contribution < 1.29 is 19.4 Å². The van der Waals surface area contributed by atoms with E-state index >= 15 is 0 Å². The fourth-order valence-corrected chi connectivity index (χ4v) is 2.35. The topological polar surface area (TPSA) is 66.8 Å². The van der Waals surface area contributed by atoms with Gasteiger partial charge in [-0.3, -0.25) is 4.90 Å². The maximum Gasteiger partial charge on any atom is 0.415 e. The zero-order valence-electron chi connectivity index (χ0n) is 11.5. The lowest BCUT2D eigenvalue weighted by Gasteiger charge is -2.27. The van der Waals surface area contributed by atoms with Crippen LogP contribution in [0.4, 0.5) is 10.5 Å². The molecule has 1 atom stereocenters. The lowest BCUT2D eigenvalue weighted by molar-refractivity contribution is -0.138. The molecule has 1 amide bonds. The number of rotatable bonds is 1. The molecule has 1 aromatic rings. The highest BCUT2D eigenvalue weighted by Crippen LogP contribution is 2.35. The van der Waals surface area contributed by atoms with Gasteiger partial charge in [0.2, 0.25) is 0 Å².